The molecule has 0 fully saturated rings. The van der Waals surface area contributed by atoms with Crippen molar-refractivity contribution in [3.63, 3.8) is 0 Å². The third-order valence-electron chi connectivity index (χ3n) is 5.89. The Morgan fingerprint density at radius 1 is 1.06 bits per heavy atom. The molecule has 0 amide bonds. The molecule has 0 saturated carbocycles. The third kappa shape index (κ3) is 3.87. The fourth-order valence-electron chi connectivity index (χ4n) is 4.32. The lowest BCUT2D eigenvalue weighted by Gasteiger charge is -2.20. The van der Waals surface area contributed by atoms with Gasteiger partial charge < -0.3 is 24.8 Å². The van der Waals surface area contributed by atoms with Crippen LogP contribution in [-0.2, 0) is 13.1 Å². The van der Waals surface area contributed by atoms with Gasteiger partial charge >= 0.3 is 12.6 Å². The van der Waals surface area contributed by atoms with E-state index in [1.54, 1.807) is 18.2 Å². The molecule has 10 heteroatoms. The molecule has 0 atom stereocenters. The second-order valence-electron chi connectivity index (χ2n) is 7.99. The van der Waals surface area contributed by atoms with Crippen molar-refractivity contribution in [3.05, 3.63) is 87.5 Å². The molecule has 7 nitrogen and oxygen atoms in total. The number of pyridine rings is 1. The highest BCUT2D eigenvalue weighted by Crippen LogP contribution is 2.41. The van der Waals surface area contributed by atoms with Gasteiger partial charge in [0.1, 0.15) is 22.6 Å². The summed E-state index contributed by atoms with van der Waals surface area (Å²) in [6.07, 6.45) is 0.964. The van der Waals surface area contributed by atoms with E-state index in [1.807, 2.05) is 0 Å². The van der Waals surface area contributed by atoms with E-state index in [0.29, 0.717) is 13.1 Å². The highest BCUT2D eigenvalue weighted by Gasteiger charge is 2.26. The molecular weight excluding hydrogens is 465 g/mol. The number of nitrogens with one attached hydrogen (secondary N) is 1. The number of phenols is 1. The number of ether oxygens (including phenoxy) is 1. The lowest BCUT2D eigenvalue weighted by Crippen LogP contribution is -2.20. The van der Waals surface area contributed by atoms with E-state index in [4.69, 9.17) is 4.74 Å². The van der Waals surface area contributed by atoms with Crippen LogP contribution in [0, 0.1) is 5.82 Å². The fraction of sp³-hybridized carbons (Fsp3) is 0.120. The zero-order valence-electron chi connectivity index (χ0n) is 17.9. The Morgan fingerprint density at radius 2 is 1.77 bits per heavy atom. The number of nitrogens with zero attached hydrogens (tertiary/aromatic N) is 1. The Bertz CT molecular complexity index is 1550. The van der Waals surface area contributed by atoms with Gasteiger partial charge in [-0.05, 0) is 53.1 Å². The van der Waals surface area contributed by atoms with Crippen molar-refractivity contribution < 1.29 is 32.9 Å². The smallest absolute Gasteiger partial charge is 0.387 e. The van der Waals surface area contributed by atoms with Crippen LogP contribution >= 0.6 is 0 Å². The van der Waals surface area contributed by atoms with Gasteiger partial charge in [-0.25, -0.2) is 9.18 Å². The molecule has 3 N–H and O–H groups in total. The average Bonchev–Trinajstić information content (AvgIpc) is 3.28. The van der Waals surface area contributed by atoms with Crippen LogP contribution in [0.15, 0.2) is 59.5 Å². The SMILES string of the molecule is O=C(O)c1cn(-c2ccc(O)cc2)c2c(OC(F)F)c(-c3ccc4c(c3)CNC4)c(F)cc2c1=O. The number of rotatable bonds is 5. The zero-order chi connectivity index (χ0) is 24.9. The number of aromatic nitrogens is 1. The standard InChI is InChI=1S/C25H17F3N2O5/c26-19-8-17-21(30(11-18(22(17)32)24(33)34)15-3-5-16(31)6-4-15)23(35-25(27)28)20(19)12-1-2-13-9-29-10-14(13)7-12/h1-8,11,25,29,31H,9-10H2,(H,33,34). The van der Waals surface area contributed by atoms with Crippen molar-refractivity contribution in [2.45, 2.75) is 19.7 Å². The molecule has 0 unspecified atom stereocenters. The monoisotopic (exact) mass is 482 g/mol. The Kier molecular flexibility index (Phi) is 5.45. The molecule has 35 heavy (non-hydrogen) atoms. The van der Waals surface area contributed by atoms with Crippen molar-refractivity contribution in [1.82, 2.24) is 9.88 Å². The maximum absolute atomic E-state index is 15.5. The molecule has 1 aliphatic heterocycles. The Morgan fingerprint density at radius 3 is 2.46 bits per heavy atom. The topological polar surface area (TPSA) is 101 Å². The summed E-state index contributed by atoms with van der Waals surface area (Å²) in [5, 5.41) is 21.9. The van der Waals surface area contributed by atoms with E-state index in [-0.39, 0.29) is 28.1 Å². The first kappa shape index (κ1) is 22.5. The van der Waals surface area contributed by atoms with Gasteiger partial charge in [0.05, 0.1) is 10.9 Å². The quantitative estimate of drug-likeness (QED) is 0.390. The lowest BCUT2D eigenvalue weighted by molar-refractivity contribution is -0.0487. The molecule has 0 spiro atoms. The number of carboxylic acids is 1. The number of phenolic OH excluding ortho intramolecular Hbond substituents is 1. The van der Waals surface area contributed by atoms with Crippen molar-refractivity contribution >= 4 is 16.9 Å². The van der Waals surface area contributed by atoms with Gasteiger partial charge in [-0.1, -0.05) is 12.1 Å². The molecule has 178 valence electrons. The summed E-state index contributed by atoms with van der Waals surface area (Å²) in [4.78, 5) is 24.7. The number of halogens is 3. The molecule has 3 aromatic carbocycles. The van der Waals surface area contributed by atoms with Crippen LogP contribution in [0.2, 0.25) is 0 Å². The van der Waals surface area contributed by atoms with Gasteiger partial charge in [0.2, 0.25) is 5.43 Å². The Balaban J connectivity index is 1.92. The van der Waals surface area contributed by atoms with Crippen LogP contribution in [-0.4, -0.2) is 27.4 Å². The van der Waals surface area contributed by atoms with Crippen LogP contribution < -0.4 is 15.5 Å². The molecule has 2 heterocycles. The lowest BCUT2D eigenvalue weighted by atomic mass is 9.97. The minimum Gasteiger partial charge on any atom is -0.508 e. The number of benzene rings is 3. The molecule has 5 rings (SSSR count). The number of aromatic carboxylic acids is 1. The summed E-state index contributed by atoms with van der Waals surface area (Å²) < 4.78 is 48.7. The van der Waals surface area contributed by atoms with Crippen LogP contribution in [0.3, 0.4) is 0 Å². The summed E-state index contributed by atoms with van der Waals surface area (Å²) >= 11 is 0. The van der Waals surface area contributed by atoms with Gasteiger partial charge in [-0.3, -0.25) is 4.79 Å². The normalized spacial score (nSPS) is 12.8. The van der Waals surface area contributed by atoms with E-state index in [0.717, 1.165) is 28.0 Å². The summed E-state index contributed by atoms with van der Waals surface area (Å²) in [5.41, 5.74) is 0.0678. The highest BCUT2D eigenvalue weighted by molar-refractivity contribution is 5.98. The second kappa shape index (κ2) is 8.48. The largest absolute Gasteiger partial charge is 0.508 e. The number of hydrogen-bond acceptors (Lipinski definition) is 5. The maximum atomic E-state index is 15.5. The molecular formula is C25H17F3N2O5. The second-order valence-corrected chi connectivity index (χ2v) is 7.99. The molecule has 0 radical (unpaired) electrons. The molecule has 0 saturated heterocycles. The summed E-state index contributed by atoms with van der Waals surface area (Å²) in [6.45, 7) is -2.23. The first-order valence-corrected chi connectivity index (χ1v) is 10.5. The van der Waals surface area contributed by atoms with Crippen LogP contribution in [0.25, 0.3) is 27.7 Å². The Hall–Kier alpha value is -4.31. The van der Waals surface area contributed by atoms with E-state index < -0.39 is 40.5 Å². The molecule has 4 aromatic rings. The molecule has 0 aliphatic carbocycles. The van der Waals surface area contributed by atoms with Gasteiger partial charge in [0.15, 0.2) is 5.75 Å². The summed E-state index contributed by atoms with van der Waals surface area (Å²) in [7, 11) is 0. The van der Waals surface area contributed by atoms with E-state index in [1.165, 1.54) is 24.3 Å². The van der Waals surface area contributed by atoms with Crippen molar-refractivity contribution in [3.8, 4) is 28.3 Å². The number of carbonyl (C=O) groups is 1. The number of aromatic hydroxyl groups is 1. The molecule has 1 aliphatic rings. The van der Waals surface area contributed by atoms with Crippen molar-refractivity contribution in [1.29, 1.82) is 0 Å². The van der Waals surface area contributed by atoms with Gasteiger partial charge in [-0.2, -0.15) is 8.78 Å². The van der Waals surface area contributed by atoms with Gasteiger partial charge in [-0.15, -0.1) is 0 Å². The average molecular weight is 482 g/mol. The number of hydrogen-bond donors (Lipinski definition) is 3. The fourth-order valence-corrected chi connectivity index (χ4v) is 4.32. The maximum Gasteiger partial charge on any atom is 0.387 e. The van der Waals surface area contributed by atoms with Gasteiger partial charge in [0.25, 0.3) is 0 Å². The summed E-state index contributed by atoms with van der Waals surface area (Å²) in [5.74, 6) is -3.30. The molecule has 1 aromatic heterocycles. The minimum atomic E-state index is -3.36. The third-order valence-corrected chi connectivity index (χ3v) is 5.89. The number of fused-ring (bicyclic) bond motifs is 2. The number of carboxylic acid groups (broad SMARTS) is 1. The van der Waals surface area contributed by atoms with Crippen LogP contribution in [0.4, 0.5) is 13.2 Å². The van der Waals surface area contributed by atoms with E-state index in [9.17, 15) is 28.6 Å². The summed E-state index contributed by atoms with van der Waals surface area (Å²) in [6, 6.07) is 11.2. The van der Waals surface area contributed by atoms with Crippen molar-refractivity contribution in [2.24, 2.45) is 0 Å². The van der Waals surface area contributed by atoms with Crippen LogP contribution in [0.1, 0.15) is 21.5 Å². The highest BCUT2D eigenvalue weighted by atomic mass is 19.3. The predicted octanol–water partition coefficient (Wildman–Crippen LogP) is 4.41. The Labute approximate surface area is 195 Å². The minimum absolute atomic E-state index is 0.0971. The van der Waals surface area contributed by atoms with E-state index in [2.05, 4.69) is 5.32 Å². The number of alkyl halides is 2. The first-order chi connectivity index (χ1) is 16.7. The first-order valence-electron chi connectivity index (χ1n) is 10.5. The predicted molar refractivity (Wildman–Crippen MR) is 121 cm³/mol. The molecule has 0 bridgehead atoms. The van der Waals surface area contributed by atoms with Crippen LogP contribution in [0.5, 0.6) is 11.5 Å². The zero-order valence-corrected chi connectivity index (χ0v) is 17.9. The van der Waals surface area contributed by atoms with E-state index >= 15 is 4.39 Å². The van der Waals surface area contributed by atoms with Crippen molar-refractivity contribution in [2.75, 3.05) is 0 Å². The van der Waals surface area contributed by atoms with Gasteiger partial charge in [0, 0.05) is 25.0 Å².